The van der Waals surface area contributed by atoms with Crippen molar-refractivity contribution in [3.63, 3.8) is 0 Å². The van der Waals surface area contributed by atoms with Crippen LogP contribution in [0.2, 0.25) is 0 Å². The Morgan fingerprint density at radius 1 is 1.05 bits per heavy atom. The standard InChI is InChI=1S/C17H13FO3/c18-14-3-1-2-13(11-14)15(19)6-4-12-5-7-16-17(10-12)21-9-8-20-16/h1-7,10-11H,8-9H2/b6-4+. The molecule has 2 aromatic rings. The molecule has 3 nitrogen and oxygen atoms in total. The van der Waals surface area contributed by atoms with E-state index >= 15 is 0 Å². The van der Waals surface area contributed by atoms with Crippen molar-refractivity contribution in [2.75, 3.05) is 13.2 Å². The van der Waals surface area contributed by atoms with Crippen LogP contribution in [0.4, 0.5) is 4.39 Å². The van der Waals surface area contributed by atoms with Gasteiger partial charge in [0.2, 0.25) is 0 Å². The zero-order valence-electron chi connectivity index (χ0n) is 11.2. The summed E-state index contributed by atoms with van der Waals surface area (Å²) >= 11 is 0. The van der Waals surface area contributed by atoms with Gasteiger partial charge < -0.3 is 9.47 Å². The molecule has 4 heteroatoms. The van der Waals surface area contributed by atoms with Crippen molar-refractivity contribution in [3.8, 4) is 11.5 Å². The van der Waals surface area contributed by atoms with Crippen molar-refractivity contribution in [1.29, 1.82) is 0 Å². The summed E-state index contributed by atoms with van der Waals surface area (Å²) < 4.78 is 24.0. The first kappa shape index (κ1) is 13.4. The fourth-order valence-electron chi connectivity index (χ4n) is 2.07. The number of benzene rings is 2. The predicted octanol–water partition coefficient (Wildman–Crippen LogP) is 3.49. The summed E-state index contributed by atoms with van der Waals surface area (Å²) in [7, 11) is 0. The highest BCUT2D eigenvalue weighted by atomic mass is 19.1. The van der Waals surface area contributed by atoms with Crippen LogP contribution in [0.1, 0.15) is 15.9 Å². The lowest BCUT2D eigenvalue weighted by atomic mass is 10.1. The number of rotatable bonds is 3. The van der Waals surface area contributed by atoms with Gasteiger partial charge in [-0.1, -0.05) is 24.3 Å². The normalized spacial score (nSPS) is 13.4. The fraction of sp³-hybridized carbons (Fsp3) is 0.118. The van der Waals surface area contributed by atoms with Gasteiger partial charge in [0.25, 0.3) is 0 Å². The van der Waals surface area contributed by atoms with Gasteiger partial charge in [-0.25, -0.2) is 4.39 Å². The van der Waals surface area contributed by atoms with Crippen LogP contribution in [0.3, 0.4) is 0 Å². The molecule has 2 aromatic carbocycles. The van der Waals surface area contributed by atoms with Crippen molar-refractivity contribution < 1.29 is 18.7 Å². The van der Waals surface area contributed by atoms with Crippen LogP contribution in [0, 0.1) is 5.82 Å². The highest BCUT2D eigenvalue weighted by Gasteiger charge is 2.11. The largest absolute Gasteiger partial charge is 0.486 e. The third-order valence-corrected chi connectivity index (χ3v) is 3.10. The third-order valence-electron chi connectivity index (χ3n) is 3.10. The maximum Gasteiger partial charge on any atom is 0.185 e. The van der Waals surface area contributed by atoms with E-state index in [0.29, 0.717) is 30.3 Å². The molecule has 1 heterocycles. The second-order valence-electron chi connectivity index (χ2n) is 4.61. The number of ketones is 1. The first-order chi connectivity index (χ1) is 10.2. The molecule has 1 aliphatic heterocycles. The molecule has 1 aliphatic rings. The van der Waals surface area contributed by atoms with E-state index in [1.807, 2.05) is 12.1 Å². The monoisotopic (exact) mass is 284 g/mol. The Balaban J connectivity index is 1.78. The van der Waals surface area contributed by atoms with Gasteiger partial charge in [-0.2, -0.15) is 0 Å². The summed E-state index contributed by atoms with van der Waals surface area (Å²) in [5, 5.41) is 0. The number of hydrogen-bond acceptors (Lipinski definition) is 3. The van der Waals surface area contributed by atoms with Crippen LogP contribution in [-0.2, 0) is 0 Å². The van der Waals surface area contributed by atoms with E-state index in [0.717, 1.165) is 5.56 Å². The van der Waals surface area contributed by atoms with E-state index in [9.17, 15) is 9.18 Å². The Morgan fingerprint density at radius 3 is 2.67 bits per heavy atom. The van der Waals surface area contributed by atoms with E-state index in [4.69, 9.17) is 9.47 Å². The van der Waals surface area contributed by atoms with Crippen LogP contribution in [0.15, 0.2) is 48.5 Å². The van der Waals surface area contributed by atoms with Crippen LogP contribution >= 0.6 is 0 Å². The second kappa shape index (κ2) is 5.79. The smallest absolute Gasteiger partial charge is 0.185 e. The molecule has 3 rings (SSSR count). The minimum absolute atomic E-state index is 0.246. The van der Waals surface area contributed by atoms with Gasteiger partial charge in [0.1, 0.15) is 19.0 Å². The molecule has 0 radical (unpaired) electrons. The van der Waals surface area contributed by atoms with E-state index in [-0.39, 0.29) is 5.78 Å². The molecule has 0 aliphatic carbocycles. The highest BCUT2D eigenvalue weighted by molar-refractivity contribution is 6.06. The molecule has 0 fully saturated rings. The van der Waals surface area contributed by atoms with Gasteiger partial charge in [0.15, 0.2) is 17.3 Å². The Morgan fingerprint density at radius 2 is 1.86 bits per heavy atom. The fourth-order valence-corrected chi connectivity index (χ4v) is 2.07. The van der Waals surface area contributed by atoms with Gasteiger partial charge in [0.05, 0.1) is 0 Å². The molecule has 0 spiro atoms. The summed E-state index contributed by atoms with van der Waals surface area (Å²) in [5.74, 6) is 0.703. The molecule has 0 saturated heterocycles. The van der Waals surface area contributed by atoms with Crippen LogP contribution < -0.4 is 9.47 Å². The van der Waals surface area contributed by atoms with Crippen molar-refractivity contribution in [2.24, 2.45) is 0 Å². The van der Waals surface area contributed by atoms with Crippen LogP contribution in [0.5, 0.6) is 11.5 Å². The average molecular weight is 284 g/mol. The molecular weight excluding hydrogens is 271 g/mol. The summed E-state index contributed by atoms with van der Waals surface area (Å²) in [5.41, 5.74) is 1.15. The minimum atomic E-state index is -0.423. The van der Waals surface area contributed by atoms with Crippen molar-refractivity contribution >= 4 is 11.9 Å². The maximum atomic E-state index is 13.1. The van der Waals surface area contributed by atoms with Gasteiger partial charge in [-0.15, -0.1) is 0 Å². The number of carbonyl (C=O) groups is 1. The molecule has 0 amide bonds. The SMILES string of the molecule is O=C(/C=C/c1ccc2c(c1)OCCO2)c1cccc(F)c1. The number of ether oxygens (including phenoxy) is 2. The van der Waals surface area contributed by atoms with Gasteiger partial charge in [0, 0.05) is 5.56 Å². The number of carbonyl (C=O) groups excluding carboxylic acids is 1. The summed E-state index contributed by atoms with van der Waals surface area (Å²) in [6.45, 7) is 1.06. The number of halogens is 1. The Kier molecular flexibility index (Phi) is 3.69. The molecule has 0 N–H and O–H groups in total. The van der Waals surface area contributed by atoms with Gasteiger partial charge in [-0.05, 0) is 35.9 Å². The molecule has 21 heavy (non-hydrogen) atoms. The van der Waals surface area contributed by atoms with Crippen molar-refractivity contribution in [3.05, 3.63) is 65.5 Å². The third kappa shape index (κ3) is 3.11. The zero-order chi connectivity index (χ0) is 14.7. The molecule has 0 unspecified atom stereocenters. The lowest BCUT2D eigenvalue weighted by Gasteiger charge is -2.18. The number of allylic oxidation sites excluding steroid dienone is 1. The Bertz CT molecular complexity index is 707. The van der Waals surface area contributed by atoms with Crippen LogP contribution in [-0.4, -0.2) is 19.0 Å². The Labute approximate surface area is 121 Å². The van der Waals surface area contributed by atoms with Crippen molar-refractivity contribution in [2.45, 2.75) is 0 Å². The van der Waals surface area contributed by atoms with Crippen LogP contribution in [0.25, 0.3) is 6.08 Å². The Hall–Kier alpha value is -2.62. The van der Waals surface area contributed by atoms with Gasteiger partial charge >= 0.3 is 0 Å². The topological polar surface area (TPSA) is 35.5 Å². The molecule has 0 aromatic heterocycles. The number of fused-ring (bicyclic) bond motifs is 1. The molecule has 0 atom stereocenters. The van der Waals surface area contributed by atoms with E-state index < -0.39 is 5.82 Å². The molecule has 0 saturated carbocycles. The minimum Gasteiger partial charge on any atom is -0.486 e. The maximum absolute atomic E-state index is 13.1. The summed E-state index contributed by atoms with van der Waals surface area (Å²) in [6.07, 6.45) is 3.09. The lowest BCUT2D eigenvalue weighted by Crippen LogP contribution is -2.15. The predicted molar refractivity (Wildman–Crippen MR) is 77.2 cm³/mol. The van der Waals surface area contributed by atoms with E-state index in [1.54, 1.807) is 18.2 Å². The molecular formula is C17H13FO3. The highest BCUT2D eigenvalue weighted by Crippen LogP contribution is 2.31. The van der Waals surface area contributed by atoms with E-state index in [1.165, 1.54) is 24.3 Å². The second-order valence-corrected chi connectivity index (χ2v) is 4.61. The molecule has 0 bridgehead atoms. The summed E-state index contributed by atoms with van der Waals surface area (Å²) in [4.78, 5) is 11.9. The van der Waals surface area contributed by atoms with E-state index in [2.05, 4.69) is 0 Å². The first-order valence-corrected chi connectivity index (χ1v) is 6.60. The average Bonchev–Trinajstić information content (AvgIpc) is 2.52. The first-order valence-electron chi connectivity index (χ1n) is 6.60. The number of hydrogen-bond donors (Lipinski definition) is 0. The zero-order valence-corrected chi connectivity index (χ0v) is 11.2. The van der Waals surface area contributed by atoms with Crippen molar-refractivity contribution in [1.82, 2.24) is 0 Å². The quantitative estimate of drug-likeness (QED) is 0.639. The summed E-state index contributed by atoms with van der Waals surface area (Å²) in [6, 6.07) is 11.1. The lowest BCUT2D eigenvalue weighted by molar-refractivity contribution is 0.104. The molecule has 106 valence electrons. The van der Waals surface area contributed by atoms with Gasteiger partial charge in [-0.3, -0.25) is 4.79 Å².